The zero-order valence-corrected chi connectivity index (χ0v) is 13.4. The van der Waals surface area contributed by atoms with Crippen molar-refractivity contribution in [3.8, 4) is 0 Å². The maximum atomic E-state index is 11.8. The van der Waals surface area contributed by atoms with E-state index in [1.54, 1.807) is 18.2 Å². The molecule has 23 heavy (non-hydrogen) atoms. The number of benzene rings is 1. The Hall–Kier alpha value is -2.48. The highest BCUT2D eigenvalue weighted by Crippen LogP contribution is 2.33. The Balaban J connectivity index is 1.82. The van der Waals surface area contributed by atoms with Crippen molar-refractivity contribution in [2.24, 2.45) is 0 Å². The van der Waals surface area contributed by atoms with Crippen LogP contribution in [0.1, 0.15) is 26.2 Å². The van der Waals surface area contributed by atoms with Crippen molar-refractivity contribution in [3.05, 3.63) is 18.2 Å². The quantitative estimate of drug-likeness (QED) is 0.842. The number of urea groups is 1. The van der Waals surface area contributed by atoms with Crippen LogP contribution in [0.2, 0.25) is 0 Å². The highest BCUT2D eigenvalue weighted by atomic mass is 32.1. The van der Waals surface area contributed by atoms with Crippen molar-refractivity contribution in [2.75, 3.05) is 16.8 Å². The highest BCUT2D eigenvalue weighted by molar-refractivity contribution is 7.22. The van der Waals surface area contributed by atoms with Gasteiger partial charge in [0.2, 0.25) is 11.8 Å². The van der Waals surface area contributed by atoms with Gasteiger partial charge in [0.05, 0.1) is 10.2 Å². The van der Waals surface area contributed by atoms with Gasteiger partial charge < -0.3 is 10.6 Å². The van der Waals surface area contributed by atoms with Gasteiger partial charge in [0.1, 0.15) is 0 Å². The van der Waals surface area contributed by atoms with Crippen molar-refractivity contribution in [1.29, 1.82) is 0 Å². The van der Waals surface area contributed by atoms with Crippen LogP contribution in [-0.4, -0.2) is 29.4 Å². The first-order chi connectivity index (χ1) is 11.1. The molecule has 1 aliphatic heterocycles. The SMILES string of the molecule is CCCNC(=O)Nc1ccc2nc(N3C(=O)CCC3=O)sc2c1. The number of amides is 4. The van der Waals surface area contributed by atoms with Crippen molar-refractivity contribution in [3.63, 3.8) is 0 Å². The summed E-state index contributed by atoms with van der Waals surface area (Å²) in [7, 11) is 0. The van der Waals surface area contributed by atoms with Crippen LogP contribution in [0.4, 0.5) is 15.6 Å². The molecule has 0 aliphatic carbocycles. The molecule has 4 amide bonds. The van der Waals surface area contributed by atoms with Crippen LogP contribution in [0.15, 0.2) is 18.2 Å². The molecule has 1 aliphatic rings. The van der Waals surface area contributed by atoms with Crippen molar-refractivity contribution >= 4 is 50.2 Å². The number of imide groups is 1. The minimum absolute atomic E-state index is 0.216. The summed E-state index contributed by atoms with van der Waals surface area (Å²) in [4.78, 5) is 40.7. The predicted molar refractivity (Wildman–Crippen MR) is 88.7 cm³/mol. The van der Waals surface area contributed by atoms with Crippen molar-refractivity contribution in [2.45, 2.75) is 26.2 Å². The minimum Gasteiger partial charge on any atom is -0.338 e. The van der Waals surface area contributed by atoms with Crippen molar-refractivity contribution < 1.29 is 14.4 Å². The topological polar surface area (TPSA) is 91.4 Å². The number of hydrogen-bond donors (Lipinski definition) is 2. The summed E-state index contributed by atoms with van der Waals surface area (Å²) in [6.07, 6.45) is 1.33. The Morgan fingerprint density at radius 2 is 2.04 bits per heavy atom. The zero-order chi connectivity index (χ0) is 16.4. The molecule has 0 bridgehead atoms. The van der Waals surface area contributed by atoms with E-state index in [2.05, 4.69) is 15.6 Å². The maximum absolute atomic E-state index is 11.8. The van der Waals surface area contributed by atoms with E-state index >= 15 is 0 Å². The second kappa shape index (κ2) is 6.33. The van der Waals surface area contributed by atoms with Gasteiger partial charge >= 0.3 is 6.03 Å². The van der Waals surface area contributed by atoms with Gasteiger partial charge in [0, 0.05) is 25.1 Å². The summed E-state index contributed by atoms with van der Waals surface area (Å²) < 4.78 is 0.806. The largest absolute Gasteiger partial charge is 0.338 e. The number of rotatable bonds is 4. The van der Waals surface area contributed by atoms with Crippen LogP contribution in [0.3, 0.4) is 0 Å². The zero-order valence-electron chi connectivity index (χ0n) is 12.6. The first-order valence-corrected chi connectivity index (χ1v) is 8.21. The summed E-state index contributed by atoms with van der Waals surface area (Å²) >= 11 is 1.26. The predicted octanol–water partition coefficient (Wildman–Crippen LogP) is 2.48. The normalized spacial score (nSPS) is 14.6. The van der Waals surface area contributed by atoms with Crippen LogP contribution in [0.25, 0.3) is 10.2 Å². The summed E-state index contributed by atoms with van der Waals surface area (Å²) in [5.74, 6) is -0.433. The van der Waals surface area contributed by atoms with Crippen molar-refractivity contribution in [1.82, 2.24) is 10.3 Å². The molecule has 1 fully saturated rings. The molecule has 2 N–H and O–H groups in total. The molecule has 1 saturated heterocycles. The number of hydrogen-bond acceptors (Lipinski definition) is 5. The van der Waals surface area contributed by atoms with Gasteiger partial charge in [-0.2, -0.15) is 0 Å². The molecule has 0 radical (unpaired) electrons. The lowest BCUT2D eigenvalue weighted by atomic mass is 10.3. The fourth-order valence-electron chi connectivity index (χ4n) is 2.29. The third-order valence-electron chi connectivity index (χ3n) is 3.41. The Bertz CT molecular complexity index is 770. The lowest BCUT2D eigenvalue weighted by molar-refractivity contribution is -0.121. The molecule has 0 spiro atoms. The molecule has 0 saturated carbocycles. The van der Waals surface area contributed by atoms with E-state index in [-0.39, 0.29) is 30.7 Å². The fourth-order valence-corrected chi connectivity index (χ4v) is 3.33. The maximum Gasteiger partial charge on any atom is 0.319 e. The van der Waals surface area contributed by atoms with Gasteiger partial charge in [-0.25, -0.2) is 14.7 Å². The molecule has 2 aromatic rings. The number of nitrogens with zero attached hydrogens (tertiary/aromatic N) is 2. The van der Waals surface area contributed by atoms with Crippen LogP contribution in [0.5, 0.6) is 0 Å². The van der Waals surface area contributed by atoms with Crippen LogP contribution >= 0.6 is 11.3 Å². The van der Waals surface area contributed by atoms with E-state index in [0.29, 0.717) is 22.9 Å². The number of anilines is 2. The van der Waals surface area contributed by atoms with Gasteiger partial charge in [-0.15, -0.1) is 0 Å². The second-order valence-corrected chi connectivity index (χ2v) is 6.19. The molecule has 0 atom stereocenters. The summed E-state index contributed by atoms with van der Waals surface area (Å²) in [6.45, 7) is 2.59. The molecule has 1 aromatic carbocycles. The lowest BCUT2D eigenvalue weighted by Crippen LogP contribution is -2.29. The average molecular weight is 332 g/mol. The first kappa shape index (κ1) is 15.4. The number of thiazole rings is 1. The van der Waals surface area contributed by atoms with Gasteiger partial charge in [-0.1, -0.05) is 18.3 Å². The summed E-state index contributed by atoms with van der Waals surface area (Å²) in [6, 6.07) is 5.02. The Morgan fingerprint density at radius 3 is 2.74 bits per heavy atom. The standard InChI is InChI=1S/C15H16N4O3S/c1-2-7-16-14(22)17-9-3-4-10-11(8-9)23-15(18-10)19-12(20)5-6-13(19)21/h3-4,8H,2,5-7H2,1H3,(H2,16,17,22). The smallest absolute Gasteiger partial charge is 0.319 e. The summed E-state index contributed by atoms with van der Waals surface area (Å²) in [5, 5.41) is 5.87. The highest BCUT2D eigenvalue weighted by Gasteiger charge is 2.32. The van der Waals surface area contributed by atoms with E-state index in [4.69, 9.17) is 0 Å². The Kier molecular flexibility index (Phi) is 4.24. The third-order valence-corrected chi connectivity index (χ3v) is 4.42. The average Bonchev–Trinajstić information content (AvgIpc) is 3.07. The monoisotopic (exact) mass is 332 g/mol. The van der Waals surface area contributed by atoms with E-state index < -0.39 is 0 Å². The Morgan fingerprint density at radius 1 is 1.30 bits per heavy atom. The molecule has 2 heterocycles. The van der Waals surface area contributed by atoms with E-state index in [9.17, 15) is 14.4 Å². The number of nitrogens with one attached hydrogen (secondary N) is 2. The number of fused-ring (bicyclic) bond motifs is 1. The molecule has 7 nitrogen and oxygen atoms in total. The number of carbonyl (C=O) groups is 3. The second-order valence-electron chi connectivity index (χ2n) is 5.18. The van der Waals surface area contributed by atoms with Crippen LogP contribution in [0, 0.1) is 0 Å². The lowest BCUT2D eigenvalue weighted by Gasteiger charge is -2.07. The van der Waals surface area contributed by atoms with E-state index in [1.165, 1.54) is 11.3 Å². The molecular weight excluding hydrogens is 316 g/mol. The van der Waals surface area contributed by atoms with Gasteiger partial charge in [-0.05, 0) is 24.6 Å². The molecule has 0 unspecified atom stereocenters. The molecule has 8 heteroatoms. The third kappa shape index (κ3) is 3.16. The number of carbonyl (C=O) groups excluding carboxylic acids is 3. The minimum atomic E-state index is -0.263. The van der Waals surface area contributed by atoms with Gasteiger partial charge in [-0.3, -0.25) is 9.59 Å². The van der Waals surface area contributed by atoms with Gasteiger partial charge in [0.25, 0.3) is 0 Å². The Labute approximate surface area is 136 Å². The van der Waals surface area contributed by atoms with E-state index in [0.717, 1.165) is 16.0 Å². The van der Waals surface area contributed by atoms with Crippen LogP contribution in [-0.2, 0) is 9.59 Å². The molecule has 1 aromatic heterocycles. The molecule has 120 valence electrons. The van der Waals surface area contributed by atoms with E-state index in [1.807, 2.05) is 6.92 Å². The number of aromatic nitrogens is 1. The molecule has 3 rings (SSSR count). The fraction of sp³-hybridized carbons (Fsp3) is 0.333. The molecular formula is C15H16N4O3S. The van der Waals surface area contributed by atoms with Crippen LogP contribution < -0.4 is 15.5 Å². The van der Waals surface area contributed by atoms with Gasteiger partial charge in [0.15, 0.2) is 5.13 Å². The summed E-state index contributed by atoms with van der Waals surface area (Å²) in [5.41, 5.74) is 1.33. The first-order valence-electron chi connectivity index (χ1n) is 7.39.